The van der Waals surface area contributed by atoms with E-state index < -0.39 is 16.0 Å². The molecular weight excluding hydrogens is 288 g/mol. The number of sulfonamides is 1. The number of nitrogens with zero attached hydrogens (tertiary/aromatic N) is 1. The van der Waals surface area contributed by atoms with E-state index in [1.54, 1.807) is 4.57 Å². The molecule has 0 radical (unpaired) electrons. The lowest BCUT2D eigenvalue weighted by Gasteiger charge is -2.03. The number of thioether (sulfide) groups is 1. The first kappa shape index (κ1) is 14.4. The normalized spacial score (nSPS) is 15.6. The van der Waals surface area contributed by atoms with Crippen molar-refractivity contribution in [2.75, 3.05) is 18.6 Å². The summed E-state index contributed by atoms with van der Waals surface area (Å²) in [5.74, 6) is -0.425. The summed E-state index contributed by atoms with van der Waals surface area (Å²) in [4.78, 5) is 11.1. The number of nitrogens with one attached hydrogen (secondary N) is 1. The van der Waals surface area contributed by atoms with Crippen LogP contribution in [0.2, 0.25) is 0 Å². The molecular formula is C11H16N2O4S2. The molecule has 1 saturated carbocycles. The van der Waals surface area contributed by atoms with E-state index in [0.29, 0.717) is 12.3 Å². The molecule has 1 aliphatic carbocycles. The van der Waals surface area contributed by atoms with Gasteiger partial charge in [0.2, 0.25) is 10.0 Å². The highest BCUT2D eigenvalue weighted by atomic mass is 32.2. The first-order valence-electron chi connectivity index (χ1n) is 5.89. The summed E-state index contributed by atoms with van der Waals surface area (Å²) in [6.07, 6.45) is 5.10. The van der Waals surface area contributed by atoms with E-state index in [9.17, 15) is 13.2 Å². The van der Waals surface area contributed by atoms with Gasteiger partial charge in [-0.3, -0.25) is 0 Å². The van der Waals surface area contributed by atoms with Crippen molar-refractivity contribution >= 4 is 27.8 Å². The Bertz CT molecular complexity index is 576. The standard InChI is InChI=1S/C11H16N2O4S2/c1-18-5-4-12-19(16,17)9-6-10(11(14)15)13(7-9)8-2-3-8/h6-8,12H,2-5H2,1H3,(H,14,15). The molecule has 1 aromatic rings. The number of carboxylic acids is 1. The summed E-state index contributed by atoms with van der Waals surface area (Å²) in [7, 11) is -3.62. The van der Waals surface area contributed by atoms with Crippen molar-refractivity contribution in [3.63, 3.8) is 0 Å². The molecule has 0 bridgehead atoms. The molecule has 106 valence electrons. The molecule has 2 rings (SSSR count). The predicted octanol–water partition coefficient (Wildman–Crippen LogP) is 1.16. The number of aromatic nitrogens is 1. The second kappa shape index (κ2) is 5.56. The van der Waals surface area contributed by atoms with Crippen molar-refractivity contribution in [1.82, 2.24) is 9.29 Å². The molecule has 8 heteroatoms. The van der Waals surface area contributed by atoms with Crippen molar-refractivity contribution in [2.24, 2.45) is 0 Å². The van der Waals surface area contributed by atoms with Crippen LogP contribution in [0.1, 0.15) is 29.4 Å². The molecule has 0 amide bonds. The van der Waals surface area contributed by atoms with E-state index >= 15 is 0 Å². The van der Waals surface area contributed by atoms with Crippen molar-refractivity contribution in [3.05, 3.63) is 18.0 Å². The molecule has 2 N–H and O–H groups in total. The lowest BCUT2D eigenvalue weighted by Crippen LogP contribution is -2.25. The minimum absolute atomic E-state index is 0.0258. The molecule has 19 heavy (non-hydrogen) atoms. The van der Waals surface area contributed by atoms with E-state index in [-0.39, 0.29) is 16.6 Å². The average Bonchev–Trinajstić information content (AvgIpc) is 3.07. The van der Waals surface area contributed by atoms with E-state index in [0.717, 1.165) is 12.8 Å². The van der Waals surface area contributed by atoms with Gasteiger partial charge >= 0.3 is 5.97 Å². The second-order valence-corrected chi connectivity index (χ2v) is 7.15. The highest BCUT2D eigenvalue weighted by molar-refractivity contribution is 7.98. The molecule has 0 atom stereocenters. The van der Waals surface area contributed by atoms with Crippen LogP contribution >= 0.6 is 11.8 Å². The van der Waals surface area contributed by atoms with Crippen molar-refractivity contribution in [3.8, 4) is 0 Å². The monoisotopic (exact) mass is 304 g/mol. The highest BCUT2D eigenvalue weighted by Gasteiger charge is 2.30. The minimum Gasteiger partial charge on any atom is -0.477 e. The Kier molecular flexibility index (Phi) is 4.22. The highest BCUT2D eigenvalue weighted by Crippen LogP contribution is 2.37. The molecule has 0 saturated heterocycles. The molecule has 0 aliphatic heterocycles. The Balaban J connectivity index is 2.24. The van der Waals surface area contributed by atoms with Crippen molar-refractivity contribution in [1.29, 1.82) is 0 Å². The fourth-order valence-electron chi connectivity index (χ4n) is 1.79. The summed E-state index contributed by atoms with van der Waals surface area (Å²) >= 11 is 1.54. The Morgan fingerprint density at radius 3 is 2.79 bits per heavy atom. The maximum atomic E-state index is 12.0. The van der Waals surface area contributed by atoms with E-state index in [4.69, 9.17) is 5.11 Å². The minimum atomic E-state index is -3.62. The molecule has 0 spiro atoms. The van der Waals surface area contributed by atoms with Gasteiger partial charge in [-0.15, -0.1) is 0 Å². The fourth-order valence-corrected chi connectivity index (χ4v) is 3.28. The van der Waals surface area contributed by atoms with Gasteiger partial charge in [-0.25, -0.2) is 17.9 Å². The third-order valence-corrected chi connectivity index (χ3v) is 4.93. The van der Waals surface area contributed by atoms with Crippen LogP contribution < -0.4 is 4.72 Å². The largest absolute Gasteiger partial charge is 0.477 e. The molecule has 1 heterocycles. The van der Waals surface area contributed by atoms with Gasteiger partial charge in [0.1, 0.15) is 10.6 Å². The Morgan fingerprint density at radius 1 is 1.58 bits per heavy atom. The van der Waals surface area contributed by atoms with Crippen LogP contribution in [0.3, 0.4) is 0 Å². The topological polar surface area (TPSA) is 88.4 Å². The van der Waals surface area contributed by atoms with Crippen LogP contribution in [0.25, 0.3) is 0 Å². The third-order valence-electron chi connectivity index (χ3n) is 2.89. The van der Waals surface area contributed by atoms with E-state index in [1.807, 2.05) is 6.26 Å². The maximum Gasteiger partial charge on any atom is 0.352 e. The zero-order chi connectivity index (χ0) is 14.0. The molecule has 1 aliphatic rings. The van der Waals surface area contributed by atoms with Crippen LogP contribution in [-0.2, 0) is 10.0 Å². The summed E-state index contributed by atoms with van der Waals surface area (Å²) in [5.41, 5.74) is 0.0349. The van der Waals surface area contributed by atoms with Gasteiger partial charge in [0.05, 0.1) is 0 Å². The summed E-state index contributed by atoms with van der Waals surface area (Å²) in [6.45, 7) is 0.334. The Hall–Kier alpha value is -0.990. The quantitative estimate of drug-likeness (QED) is 0.738. The zero-order valence-corrected chi connectivity index (χ0v) is 12.1. The van der Waals surface area contributed by atoms with Gasteiger partial charge in [-0.2, -0.15) is 11.8 Å². The zero-order valence-electron chi connectivity index (χ0n) is 10.5. The van der Waals surface area contributed by atoms with Gasteiger partial charge in [0, 0.05) is 24.5 Å². The first-order valence-corrected chi connectivity index (χ1v) is 8.77. The second-order valence-electron chi connectivity index (χ2n) is 4.40. The lowest BCUT2D eigenvalue weighted by atomic mass is 10.4. The Morgan fingerprint density at radius 2 is 2.26 bits per heavy atom. The van der Waals surface area contributed by atoms with Crippen LogP contribution in [0, 0.1) is 0 Å². The van der Waals surface area contributed by atoms with E-state index in [2.05, 4.69) is 4.72 Å². The van der Waals surface area contributed by atoms with Crippen LogP contribution in [0.5, 0.6) is 0 Å². The van der Waals surface area contributed by atoms with Crippen LogP contribution in [0.4, 0.5) is 0 Å². The van der Waals surface area contributed by atoms with Crippen molar-refractivity contribution in [2.45, 2.75) is 23.8 Å². The van der Waals surface area contributed by atoms with Crippen molar-refractivity contribution < 1.29 is 18.3 Å². The van der Waals surface area contributed by atoms with Gasteiger partial charge in [-0.1, -0.05) is 0 Å². The molecule has 0 aromatic carbocycles. The molecule has 6 nitrogen and oxygen atoms in total. The number of carbonyl (C=O) groups is 1. The third kappa shape index (κ3) is 3.31. The van der Waals surface area contributed by atoms with Gasteiger partial charge in [0.15, 0.2) is 0 Å². The smallest absolute Gasteiger partial charge is 0.352 e. The maximum absolute atomic E-state index is 12.0. The van der Waals surface area contributed by atoms with Gasteiger partial charge < -0.3 is 9.67 Å². The van der Waals surface area contributed by atoms with Gasteiger partial charge in [0.25, 0.3) is 0 Å². The van der Waals surface area contributed by atoms with E-state index in [1.165, 1.54) is 24.0 Å². The fraction of sp³-hybridized carbons (Fsp3) is 0.545. The number of carboxylic acid groups (broad SMARTS) is 1. The Labute approximate surface area is 116 Å². The van der Waals surface area contributed by atoms with Gasteiger partial charge in [-0.05, 0) is 25.2 Å². The lowest BCUT2D eigenvalue weighted by molar-refractivity contribution is 0.0685. The molecule has 1 aromatic heterocycles. The van der Waals surface area contributed by atoms with Crippen LogP contribution in [0.15, 0.2) is 17.2 Å². The molecule has 1 fully saturated rings. The number of hydrogen-bond acceptors (Lipinski definition) is 4. The summed E-state index contributed by atoms with van der Waals surface area (Å²) in [6, 6.07) is 1.35. The SMILES string of the molecule is CSCCNS(=O)(=O)c1cc(C(=O)O)n(C2CC2)c1. The van der Waals surface area contributed by atoms with Crippen LogP contribution in [-0.4, -0.2) is 42.6 Å². The molecule has 0 unspecified atom stereocenters. The summed E-state index contributed by atoms with van der Waals surface area (Å²) < 4.78 is 28.0. The number of rotatable bonds is 7. The number of aromatic carboxylic acids is 1. The predicted molar refractivity (Wildman–Crippen MR) is 73.2 cm³/mol. The first-order chi connectivity index (χ1) is 8.95. The number of hydrogen-bond donors (Lipinski definition) is 2. The summed E-state index contributed by atoms with van der Waals surface area (Å²) in [5, 5.41) is 9.10. The average molecular weight is 304 g/mol.